The highest BCUT2D eigenvalue weighted by molar-refractivity contribution is 6.31. The second-order valence-corrected chi connectivity index (χ2v) is 5.28. The molecule has 0 bridgehead atoms. The predicted molar refractivity (Wildman–Crippen MR) is 74.9 cm³/mol. The number of halogens is 1. The number of nitrogens with two attached hydrogens (primary N) is 1. The molecule has 3 nitrogen and oxygen atoms in total. The number of rotatable bonds is 4. The Hall–Kier alpha value is -0.610. The third-order valence-electron chi connectivity index (χ3n) is 3.54. The van der Waals surface area contributed by atoms with E-state index in [0.29, 0.717) is 6.04 Å². The normalized spacial score (nSPS) is 22.9. The first-order valence-electron chi connectivity index (χ1n) is 6.50. The third-order valence-corrected chi connectivity index (χ3v) is 3.88. The minimum atomic E-state index is 0.00810. The number of ether oxygens (including phenoxy) is 1. The van der Waals surface area contributed by atoms with Crippen LogP contribution in [0.3, 0.4) is 0 Å². The van der Waals surface area contributed by atoms with Gasteiger partial charge in [0.25, 0.3) is 0 Å². The summed E-state index contributed by atoms with van der Waals surface area (Å²) < 4.78 is 5.43. The molecule has 1 aromatic carbocycles. The van der Waals surface area contributed by atoms with Gasteiger partial charge in [0.15, 0.2) is 0 Å². The van der Waals surface area contributed by atoms with Gasteiger partial charge in [-0.25, -0.2) is 0 Å². The summed E-state index contributed by atoms with van der Waals surface area (Å²) in [7, 11) is 0. The molecule has 2 unspecified atom stereocenters. The lowest BCUT2D eigenvalue weighted by molar-refractivity contribution is -0.00139. The van der Waals surface area contributed by atoms with Crippen molar-refractivity contribution in [2.75, 3.05) is 26.3 Å². The van der Waals surface area contributed by atoms with Crippen LogP contribution in [0.5, 0.6) is 0 Å². The van der Waals surface area contributed by atoms with Crippen LogP contribution < -0.4 is 5.73 Å². The van der Waals surface area contributed by atoms with Crippen molar-refractivity contribution in [3.8, 4) is 0 Å². The van der Waals surface area contributed by atoms with Gasteiger partial charge in [-0.15, -0.1) is 0 Å². The number of hydrogen-bond acceptors (Lipinski definition) is 3. The quantitative estimate of drug-likeness (QED) is 0.912. The van der Waals surface area contributed by atoms with E-state index < -0.39 is 0 Å². The van der Waals surface area contributed by atoms with Crippen LogP contribution in [0.15, 0.2) is 24.3 Å². The first-order chi connectivity index (χ1) is 8.68. The number of morpholine rings is 1. The van der Waals surface area contributed by atoms with E-state index in [-0.39, 0.29) is 6.04 Å². The van der Waals surface area contributed by atoms with Gasteiger partial charge >= 0.3 is 0 Å². The standard InChI is InChI=1S/C14H21ClN2O/c1-11-10-18-9-8-17(11)7-6-14(16)12-4-2-3-5-13(12)15/h2-5,11,14H,6-10,16H2,1H3. The van der Waals surface area contributed by atoms with E-state index in [9.17, 15) is 0 Å². The Labute approximate surface area is 114 Å². The van der Waals surface area contributed by atoms with Crippen LogP contribution in [0.4, 0.5) is 0 Å². The van der Waals surface area contributed by atoms with Gasteiger partial charge in [-0.2, -0.15) is 0 Å². The molecule has 0 radical (unpaired) electrons. The van der Waals surface area contributed by atoms with Gasteiger partial charge in [0, 0.05) is 30.2 Å². The van der Waals surface area contributed by atoms with Gasteiger partial charge in [0.1, 0.15) is 0 Å². The Kier molecular flexibility index (Phi) is 5.01. The van der Waals surface area contributed by atoms with Gasteiger partial charge in [0.05, 0.1) is 13.2 Å². The van der Waals surface area contributed by atoms with Crippen LogP contribution in [0.25, 0.3) is 0 Å². The lowest BCUT2D eigenvalue weighted by atomic mass is 10.0. The molecule has 2 atom stereocenters. The van der Waals surface area contributed by atoms with Crippen molar-refractivity contribution in [1.82, 2.24) is 4.90 Å². The van der Waals surface area contributed by atoms with E-state index in [1.807, 2.05) is 24.3 Å². The maximum atomic E-state index is 6.22. The number of hydrogen-bond donors (Lipinski definition) is 1. The van der Waals surface area contributed by atoms with Gasteiger partial charge in [-0.05, 0) is 25.0 Å². The Morgan fingerprint density at radius 2 is 2.28 bits per heavy atom. The highest BCUT2D eigenvalue weighted by Gasteiger charge is 2.19. The van der Waals surface area contributed by atoms with Crippen LogP contribution in [0, 0.1) is 0 Å². The van der Waals surface area contributed by atoms with E-state index in [1.165, 1.54) is 0 Å². The molecular formula is C14H21ClN2O. The van der Waals surface area contributed by atoms with E-state index in [0.717, 1.165) is 43.3 Å². The average Bonchev–Trinajstić information content (AvgIpc) is 2.38. The fraction of sp³-hybridized carbons (Fsp3) is 0.571. The summed E-state index contributed by atoms with van der Waals surface area (Å²) in [4.78, 5) is 2.43. The Morgan fingerprint density at radius 1 is 1.50 bits per heavy atom. The minimum Gasteiger partial charge on any atom is -0.379 e. The molecule has 0 saturated carbocycles. The van der Waals surface area contributed by atoms with Crippen LogP contribution in [0.2, 0.25) is 5.02 Å². The molecule has 18 heavy (non-hydrogen) atoms. The second-order valence-electron chi connectivity index (χ2n) is 4.88. The summed E-state index contributed by atoms with van der Waals surface area (Å²) in [5, 5.41) is 0.764. The maximum Gasteiger partial charge on any atom is 0.0619 e. The van der Waals surface area contributed by atoms with Crippen LogP contribution in [-0.2, 0) is 4.74 Å². The molecule has 4 heteroatoms. The van der Waals surface area contributed by atoms with Crippen molar-refractivity contribution in [1.29, 1.82) is 0 Å². The Balaban J connectivity index is 1.88. The van der Waals surface area contributed by atoms with Crippen molar-refractivity contribution < 1.29 is 4.74 Å². The zero-order valence-corrected chi connectivity index (χ0v) is 11.6. The van der Waals surface area contributed by atoms with Crippen molar-refractivity contribution in [3.05, 3.63) is 34.9 Å². The van der Waals surface area contributed by atoms with Crippen molar-refractivity contribution in [3.63, 3.8) is 0 Å². The van der Waals surface area contributed by atoms with Gasteiger partial charge in [-0.1, -0.05) is 29.8 Å². The van der Waals surface area contributed by atoms with Gasteiger partial charge < -0.3 is 10.5 Å². The molecule has 1 aromatic rings. The molecule has 2 N–H and O–H groups in total. The zero-order valence-electron chi connectivity index (χ0n) is 10.8. The number of nitrogens with zero attached hydrogens (tertiary/aromatic N) is 1. The smallest absolute Gasteiger partial charge is 0.0619 e. The van der Waals surface area contributed by atoms with Crippen molar-refractivity contribution in [2.45, 2.75) is 25.4 Å². The fourth-order valence-electron chi connectivity index (χ4n) is 2.33. The summed E-state index contributed by atoms with van der Waals surface area (Å²) in [6.07, 6.45) is 0.925. The van der Waals surface area contributed by atoms with E-state index >= 15 is 0 Å². The molecule has 0 aromatic heterocycles. The monoisotopic (exact) mass is 268 g/mol. The molecule has 0 spiro atoms. The minimum absolute atomic E-state index is 0.00810. The number of benzene rings is 1. The van der Waals surface area contributed by atoms with Gasteiger partial charge in [0.2, 0.25) is 0 Å². The van der Waals surface area contributed by atoms with Gasteiger partial charge in [-0.3, -0.25) is 4.90 Å². The molecule has 1 heterocycles. The van der Waals surface area contributed by atoms with Crippen molar-refractivity contribution >= 4 is 11.6 Å². The SMILES string of the molecule is CC1COCCN1CCC(N)c1ccccc1Cl. The second kappa shape index (κ2) is 6.53. The molecule has 1 aliphatic rings. The maximum absolute atomic E-state index is 6.22. The third kappa shape index (κ3) is 3.45. The summed E-state index contributed by atoms with van der Waals surface area (Å²) in [6.45, 7) is 5.83. The molecule has 2 rings (SSSR count). The molecular weight excluding hydrogens is 248 g/mol. The summed E-state index contributed by atoms with van der Waals surface area (Å²) >= 11 is 6.16. The van der Waals surface area contributed by atoms with Crippen LogP contribution in [-0.4, -0.2) is 37.2 Å². The first-order valence-corrected chi connectivity index (χ1v) is 6.88. The molecule has 0 amide bonds. The highest BCUT2D eigenvalue weighted by atomic mass is 35.5. The Bertz CT molecular complexity index is 386. The van der Waals surface area contributed by atoms with E-state index in [2.05, 4.69) is 11.8 Å². The topological polar surface area (TPSA) is 38.5 Å². The first kappa shape index (κ1) is 13.8. The summed E-state index contributed by atoms with van der Waals surface area (Å²) in [5.74, 6) is 0. The zero-order chi connectivity index (χ0) is 13.0. The molecule has 1 fully saturated rings. The molecule has 1 aliphatic heterocycles. The van der Waals surface area contributed by atoms with Crippen LogP contribution >= 0.6 is 11.6 Å². The molecule has 1 saturated heterocycles. The Morgan fingerprint density at radius 3 is 3.00 bits per heavy atom. The highest BCUT2D eigenvalue weighted by Crippen LogP contribution is 2.23. The lowest BCUT2D eigenvalue weighted by Crippen LogP contribution is -2.44. The largest absolute Gasteiger partial charge is 0.379 e. The van der Waals surface area contributed by atoms with Crippen molar-refractivity contribution in [2.24, 2.45) is 5.73 Å². The van der Waals surface area contributed by atoms with E-state index in [4.69, 9.17) is 22.1 Å². The fourth-order valence-corrected chi connectivity index (χ4v) is 2.61. The van der Waals surface area contributed by atoms with Crippen LogP contribution in [0.1, 0.15) is 24.9 Å². The lowest BCUT2D eigenvalue weighted by Gasteiger charge is -2.33. The van der Waals surface area contributed by atoms with E-state index in [1.54, 1.807) is 0 Å². The predicted octanol–water partition coefficient (Wildman–Crippen LogP) is 2.45. The average molecular weight is 269 g/mol. The summed E-state index contributed by atoms with van der Waals surface area (Å²) in [5.41, 5.74) is 7.26. The molecule has 0 aliphatic carbocycles. The molecule has 100 valence electrons. The summed E-state index contributed by atoms with van der Waals surface area (Å²) in [6, 6.07) is 8.32.